The molecule has 1 saturated heterocycles. The highest BCUT2D eigenvalue weighted by atomic mass is 16.5. The van der Waals surface area contributed by atoms with Crippen LogP contribution in [0.3, 0.4) is 0 Å². The fourth-order valence-electron chi connectivity index (χ4n) is 2.44. The maximum absolute atomic E-state index is 12.1. The molecule has 1 N–H and O–H groups in total. The van der Waals surface area contributed by atoms with Crippen LogP contribution in [0, 0.1) is 5.41 Å². The molecular weight excluding hydrogens is 282 g/mol. The molecule has 0 aliphatic carbocycles. The lowest BCUT2D eigenvalue weighted by molar-refractivity contribution is -0.128. The molecule has 0 spiro atoms. The van der Waals surface area contributed by atoms with E-state index in [-0.39, 0.29) is 30.1 Å². The lowest BCUT2D eigenvalue weighted by atomic mass is 9.86. The molecule has 2 unspecified atom stereocenters. The molecule has 0 aromatic carbocycles. The van der Waals surface area contributed by atoms with Gasteiger partial charge in [0.05, 0.1) is 25.1 Å². The second kappa shape index (κ2) is 7.74. The van der Waals surface area contributed by atoms with Crippen molar-refractivity contribution in [3.05, 3.63) is 18.7 Å². The first-order valence-electron chi connectivity index (χ1n) is 7.89. The van der Waals surface area contributed by atoms with E-state index in [0.29, 0.717) is 13.2 Å². The van der Waals surface area contributed by atoms with Crippen molar-refractivity contribution in [3.8, 4) is 0 Å². The predicted octanol–water partition coefficient (Wildman–Crippen LogP) is 1.61. The number of hydrogen-bond acceptors (Lipinski definition) is 4. The number of nitrogens with zero attached hydrogens (tertiary/aromatic N) is 2. The molecule has 0 bridgehead atoms. The van der Waals surface area contributed by atoms with Gasteiger partial charge < -0.3 is 19.4 Å². The van der Waals surface area contributed by atoms with Gasteiger partial charge in [-0.3, -0.25) is 4.79 Å². The van der Waals surface area contributed by atoms with E-state index in [0.717, 1.165) is 19.4 Å². The summed E-state index contributed by atoms with van der Waals surface area (Å²) in [5.41, 5.74) is -0.0471. The summed E-state index contributed by atoms with van der Waals surface area (Å²) in [6.07, 6.45) is 7.66. The summed E-state index contributed by atoms with van der Waals surface area (Å²) in [6.45, 7) is 8.41. The zero-order valence-corrected chi connectivity index (χ0v) is 13.7. The maximum Gasteiger partial charge on any atom is 0.246 e. The fourth-order valence-corrected chi connectivity index (χ4v) is 2.44. The van der Waals surface area contributed by atoms with E-state index >= 15 is 0 Å². The standard InChI is InChI=1S/C16H27N3O3/c1-16(2,3)14(9-19-7-6-17-12-19)18-15(20)11-21-10-13-5-4-8-22-13/h6-7,12-14H,4-5,8-11H2,1-3H3,(H,18,20). The third-order valence-electron chi connectivity index (χ3n) is 3.89. The topological polar surface area (TPSA) is 65.4 Å². The Morgan fingerprint density at radius 2 is 2.36 bits per heavy atom. The lowest BCUT2D eigenvalue weighted by Crippen LogP contribution is -2.47. The van der Waals surface area contributed by atoms with Crippen LogP contribution in [-0.2, 0) is 20.8 Å². The van der Waals surface area contributed by atoms with Gasteiger partial charge >= 0.3 is 0 Å². The van der Waals surface area contributed by atoms with Gasteiger partial charge in [0.2, 0.25) is 5.91 Å². The van der Waals surface area contributed by atoms with Crippen molar-refractivity contribution in [1.29, 1.82) is 0 Å². The number of carbonyl (C=O) groups is 1. The highest BCUT2D eigenvalue weighted by Crippen LogP contribution is 2.20. The number of imidazole rings is 1. The van der Waals surface area contributed by atoms with Crippen LogP contribution >= 0.6 is 0 Å². The normalized spacial score (nSPS) is 20.0. The summed E-state index contributed by atoms with van der Waals surface area (Å²) in [5.74, 6) is -0.0852. The predicted molar refractivity (Wildman–Crippen MR) is 83.4 cm³/mol. The van der Waals surface area contributed by atoms with Gasteiger partial charge in [-0.15, -0.1) is 0 Å². The Morgan fingerprint density at radius 3 is 2.95 bits per heavy atom. The van der Waals surface area contributed by atoms with Crippen LogP contribution in [0.2, 0.25) is 0 Å². The highest BCUT2D eigenvalue weighted by Gasteiger charge is 2.26. The molecule has 6 nitrogen and oxygen atoms in total. The SMILES string of the molecule is CC(C)(C)C(Cn1ccnc1)NC(=O)COCC1CCCO1. The van der Waals surface area contributed by atoms with Crippen molar-refractivity contribution >= 4 is 5.91 Å². The van der Waals surface area contributed by atoms with Gasteiger partial charge in [0, 0.05) is 25.5 Å². The van der Waals surface area contributed by atoms with E-state index in [2.05, 4.69) is 31.1 Å². The monoisotopic (exact) mass is 309 g/mol. The van der Waals surface area contributed by atoms with Crippen LogP contribution in [0.4, 0.5) is 0 Å². The molecule has 22 heavy (non-hydrogen) atoms. The maximum atomic E-state index is 12.1. The molecule has 6 heteroatoms. The van der Waals surface area contributed by atoms with Crippen molar-refractivity contribution in [2.24, 2.45) is 5.41 Å². The molecule has 1 fully saturated rings. The number of nitrogens with one attached hydrogen (secondary N) is 1. The molecule has 0 radical (unpaired) electrons. The molecule has 2 rings (SSSR count). The smallest absolute Gasteiger partial charge is 0.246 e. The average Bonchev–Trinajstić information content (AvgIpc) is 3.09. The Balaban J connectivity index is 1.77. The number of hydrogen-bond donors (Lipinski definition) is 1. The fraction of sp³-hybridized carbons (Fsp3) is 0.750. The first kappa shape index (κ1) is 17.0. The Bertz CT molecular complexity index is 448. The van der Waals surface area contributed by atoms with Crippen molar-refractivity contribution in [2.75, 3.05) is 19.8 Å². The van der Waals surface area contributed by atoms with E-state index in [9.17, 15) is 4.79 Å². The summed E-state index contributed by atoms with van der Waals surface area (Å²) in [4.78, 5) is 16.1. The number of aromatic nitrogens is 2. The van der Waals surface area contributed by atoms with Gasteiger partial charge in [-0.05, 0) is 18.3 Å². The van der Waals surface area contributed by atoms with Crippen LogP contribution in [0.1, 0.15) is 33.6 Å². The average molecular weight is 309 g/mol. The number of rotatable bonds is 7. The summed E-state index contributed by atoms with van der Waals surface area (Å²) in [6, 6.07) is 0.0144. The Kier molecular flexibility index (Phi) is 5.97. The van der Waals surface area contributed by atoms with Gasteiger partial charge in [-0.25, -0.2) is 4.98 Å². The van der Waals surface area contributed by atoms with Gasteiger partial charge in [0.25, 0.3) is 0 Å². The Labute approximate surface area is 132 Å². The minimum Gasteiger partial charge on any atom is -0.376 e. The highest BCUT2D eigenvalue weighted by molar-refractivity contribution is 5.77. The molecular formula is C16H27N3O3. The van der Waals surface area contributed by atoms with Gasteiger partial charge in [-0.2, -0.15) is 0 Å². The quantitative estimate of drug-likeness (QED) is 0.831. The molecule has 1 aliphatic heterocycles. The van der Waals surface area contributed by atoms with Crippen LogP contribution in [0.5, 0.6) is 0 Å². The van der Waals surface area contributed by atoms with Crippen LogP contribution in [0.25, 0.3) is 0 Å². The zero-order valence-electron chi connectivity index (χ0n) is 13.7. The zero-order chi connectivity index (χ0) is 16.0. The van der Waals surface area contributed by atoms with E-state index in [4.69, 9.17) is 9.47 Å². The second-order valence-electron chi connectivity index (χ2n) is 6.90. The number of carbonyl (C=O) groups excluding carboxylic acids is 1. The third kappa shape index (κ3) is 5.42. The molecule has 1 aromatic heterocycles. The van der Waals surface area contributed by atoms with Crippen molar-refractivity contribution in [2.45, 2.75) is 52.3 Å². The van der Waals surface area contributed by atoms with E-state index in [1.807, 2.05) is 10.8 Å². The molecule has 2 atom stereocenters. The molecule has 124 valence electrons. The molecule has 1 amide bonds. The van der Waals surface area contributed by atoms with E-state index < -0.39 is 0 Å². The van der Waals surface area contributed by atoms with Crippen LogP contribution in [-0.4, -0.2) is 47.4 Å². The molecule has 1 aliphatic rings. The molecule has 0 saturated carbocycles. The second-order valence-corrected chi connectivity index (χ2v) is 6.90. The first-order valence-corrected chi connectivity index (χ1v) is 7.89. The van der Waals surface area contributed by atoms with Gasteiger partial charge in [0.1, 0.15) is 6.61 Å². The minimum atomic E-state index is -0.0852. The van der Waals surface area contributed by atoms with E-state index in [1.165, 1.54) is 0 Å². The van der Waals surface area contributed by atoms with Gasteiger partial charge in [0.15, 0.2) is 0 Å². The lowest BCUT2D eigenvalue weighted by Gasteiger charge is -2.31. The largest absolute Gasteiger partial charge is 0.376 e. The van der Waals surface area contributed by atoms with Crippen molar-refractivity contribution in [1.82, 2.24) is 14.9 Å². The molecule has 1 aromatic rings. The Hall–Kier alpha value is -1.40. The van der Waals surface area contributed by atoms with E-state index in [1.54, 1.807) is 12.5 Å². The summed E-state index contributed by atoms with van der Waals surface area (Å²) < 4.78 is 12.9. The molecule has 2 heterocycles. The van der Waals surface area contributed by atoms with Crippen molar-refractivity contribution < 1.29 is 14.3 Å². The number of amides is 1. The van der Waals surface area contributed by atoms with Crippen molar-refractivity contribution in [3.63, 3.8) is 0 Å². The number of ether oxygens (including phenoxy) is 2. The van der Waals surface area contributed by atoms with Crippen LogP contribution in [0.15, 0.2) is 18.7 Å². The third-order valence-corrected chi connectivity index (χ3v) is 3.89. The Morgan fingerprint density at radius 1 is 1.55 bits per heavy atom. The summed E-state index contributed by atoms with van der Waals surface area (Å²) in [5, 5.41) is 3.07. The van der Waals surface area contributed by atoms with Crippen LogP contribution < -0.4 is 5.32 Å². The summed E-state index contributed by atoms with van der Waals surface area (Å²) >= 11 is 0. The summed E-state index contributed by atoms with van der Waals surface area (Å²) in [7, 11) is 0. The van der Waals surface area contributed by atoms with Gasteiger partial charge in [-0.1, -0.05) is 20.8 Å². The minimum absolute atomic E-state index is 0.0144. The first-order chi connectivity index (χ1) is 10.4.